The molecule has 0 spiro atoms. The number of amides is 1. The van der Waals surface area contributed by atoms with Gasteiger partial charge in [-0.2, -0.15) is 13.2 Å². The van der Waals surface area contributed by atoms with Crippen molar-refractivity contribution in [3.8, 4) is 0 Å². The van der Waals surface area contributed by atoms with E-state index in [2.05, 4.69) is 10.6 Å². The van der Waals surface area contributed by atoms with Crippen molar-refractivity contribution < 1.29 is 18.0 Å². The number of nitrogens with one attached hydrogen (secondary N) is 2. The molecule has 0 radical (unpaired) electrons. The van der Waals surface area contributed by atoms with Crippen LogP contribution in [0.25, 0.3) is 0 Å². The average Bonchev–Trinajstić information content (AvgIpc) is 2.60. The Morgan fingerprint density at radius 1 is 1.27 bits per heavy atom. The molecule has 30 heavy (non-hydrogen) atoms. The largest absolute Gasteiger partial charge is 0.403 e. The third-order valence-electron chi connectivity index (χ3n) is 6.53. The zero-order chi connectivity index (χ0) is 22.6. The Morgan fingerprint density at radius 3 is 2.57 bits per heavy atom. The van der Waals surface area contributed by atoms with Crippen LogP contribution in [0.5, 0.6) is 0 Å². The first kappa shape index (κ1) is 25.4. The molecule has 4 N–H and O–H groups in total. The molecule has 1 aliphatic carbocycles. The fourth-order valence-corrected chi connectivity index (χ4v) is 4.89. The summed E-state index contributed by atoms with van der Waals surface area (Å²) < 4.78 is 40.6. The molecular formula is C22H41F3N4O. The van der Waals surface area contributed by atoms with Gasteiger partial charge in [0.2, 0.25) is 5.91 Å². The normalized spacial score (nSPS) is 29.3. The Hall–Kier alpha value is -0.860. The average molecular weight is 435 g/mol. The Bertz CT molecular complexity index is 564. The molecule has 1 amide bonds. The van der Waals surface area contributed by atoms with Gasteiger partial charge in [-0.15, -0.1) is 0 Å². The van der Waals surface area contributed by atoms with Crippen molar-refractivity contribution in [3.05, 3.63) is 0 Å². The molecule has 5 nitrogen and oxygen atoms in total. The Kier molecular flexibility index (Phi) is 8.61. The molecule has 8 heteroatoms. The van der Waals surface area contributed by atoms with Gasteiger partial charge in [-0.3, -0.25) is 9.69 Å². The van der Waals surface area contributed by atoms with Crippen molar-refractivity contribution in [3.63, 3.8) is 0 Å². The molecule has 1 saturated carbocycles. The first-order chi connectivity index (χ1) is 13.9. The highest BCUT2D eigenvalue weighted by atomic mass is 19.4. The van der Waals surface area contributed by atoms with E-state index in [1.807, 2.05) is 32.6 Å². The van der Waals surface area contributed by atoms with Crippen LogP contribution < -0.4 is 16.4 Å². The van der Waals surface area contributed by atoms with Crippen molar-refractivity contribution >= 4 is 5.91 Å². The molecule has 0 bridgehead atoms. The molecular weight excluding hydrogens is 393 g/mol. The van der Waals surface area contributed by atoms with E-state index < -0.39 is 23.8 Å². The number of nitrogens with two attached hydrogens (primary N) is 1. The van der Waals surface area contributed by atoms with Crippen LogP contribution in [-0.4, -0.2) is 59.8 Å². The second-order valence-corrected chi connectivity index (χ2v) is 10.3. The Balaban J connectivity index is 2.13. The van der Waals surface area contributed by atoms with E-state index in [0.29, 0.717) is 25.9 Å². The van der Waals surface area contributed by atoms with Crippen LogP contribution >= 0.6 is 0 Å². The number of hydrogen-bond acceptors (Lipinski definition) is 4. The van der Waals surface area contributed by atoms with E-state index in [-0.39, 0.29) is 30.3 Å². The van der Waals surface area contributed by atoms with Gasteiger partial charge >= 0.3 is 6.18 Å². The van der Waals surface area contributed by atoms with Crippen LogP contribution in [0, 0.1) is 5.92 Å². The van der Waals surface area contributed by atoms with E-state index in [0.717, 1.165) is 32.1 Å². The molecule has 0 aromatic heterocycles. The molecule has 2 rings (SSSR count). The van der Waals surface area contributed by atoms with Crippen LogP contribution in [0.4, 0.5) is 13.2 Å². The molecule has 0 aromatic carbocycles. The van der Waals surface area contributed by atoms with Crippen molar-refractivity contribution in [2.24, 2.45) is 11.7 Å². The van der Waals surface area contributed by atoms with E-state index >= 15 is 0 Å². The number of nitrogens with zero attached hydrogens (tertiary/aromatic N) is 1. The van der Waals surface area contributed by atoms with Gasteiger partial charge in [0.05, 0.1) is 6.04 Å². The van der Waals surface area contributed by atoms with Crippen molar-refractivity contribution in [2.45, 2.75) is 108 Å². The minimum absolute atomic E-state index is 0.0761. The maximum Gasteiger partial charge on any atom is 0.403 e. The van der Waals surface area contributed by atoms with E-state index in [4.69, 9.17) is 5.73 Å². The smallest absolute Gasteiger partial charge is 0.350 e. The van der Waals surface area contributed by atoms with Gasteiger partial charge in [0.15, 0.2) is 0 Å². The number of likely N-dealkylation sites (tertiary alicyclic amines) is 1. The van der Waals surface area contributed by atoms with Crippen LogP contribution in [0.2, 0.25) is 0 Å². The van der Waals surface area contributed by atoms with Crippen molar-refractivity contribution in [2.75, 3.05) is 19.6 Å². The van der Waals surface area contributed by atoms with Gasteiger partial charge in [-0.25, -0.2) is 0 Å². The number of piperidine rings is 1. The van der Waals surface area contributed by atoms with Gasteiger partial charge in [0.1, 0.15) is 6.04 Å². The highest BCUT2D eigenvalue weighted by molar-refractivity contribution is 5.82. The minimum atomic E-state index is -4.31. The van der Waals surface area contributed by atoms with E-state index in [1.165, 1.54) is 0 Å². The predicted molar refractivity (Wildman–Crippen MR) is 114 cm³/mol. The monoisotopic (exact) mass is 434 g/mol. The third-order valence-corrected chi connectivity index (χ3v) is 6.53. The van der Waals surface area contributed by atoms with Gasteiger partial charge in [0.25, 0.3) is 0 Å². The summed E-state index contributed by atoms with van der Waals surface area (Å²) in [6, 6.07) is -1.98. The molecule has 176 valence electrons. The number of halogens is 3. The van der Waals surface area contributed by atoms with Crippen molar-refractivity contribution in [1.82, 2.24) is 15.5 Å². The summed E-state index contributed by atoms with van der Waals surface area (Å²) in [6.07, 6.45) is 1.81. The summed E-state index contributed by atoms with van der Waals surface area (Å²) in [6.45, 7) is 8.75. The zero-order valence-corrected chi connectivity index (χ0v) is 19.1. The fourth-order valence-electron chi connectivity index (χ4n) is 4.89. The third kappa shape index (κ3) is 7.09. The SMILES string of the molecule is CCCCNC(CCN1CC2(N)CCCCC2C[C@@H]1C(=O)NC(C)(C)C)C(F)(F)F. The van der Waals surface area contributed by atoms with Crippen LogP contribution in [-0.2, 0) is 4.79 Å². The first-order valence-corrected chi connectivity index (χ1v) is 11.5. The lowest BCUT2D eigenvalue weighted by Crippen LogP contribution is -2.67. The Morgan fingerprint density at radius 2 is 1.97 bits per heavy atom. The summed E-state index contributed by atoms with van der Waals surface area (Å²) >= 11 is 0. The molecule has 0 aromatic rings. The minimum Gasteiger partial charge on any atom is -0.350 e. The van der Waals surface area contributed by atoms with E-state index in [9.17, 15) is 18.0 Å². The predicted octanol–water partition coefficient (Wildman–Crippen LogP) is 3.57. The van der Waals surface area contributed by atoms with Crippen LogP contribution in [0.1, 0.15) is 79.1 Å². The number of fused-ring (bicyclic) bond motifs is 1. The second kappa shape index (κ2) is 10.2. The van der Waals surface area contributed by atoms with Gasteiger partial charge in [-0.05, 0) is 65.3 Å². The summed E-state index contributed by atoms with van der Waals surface area (Å²) in [5.74, 6) is 0.150. The Labute approximate surface area is 179 Å². The second-order valence-electron chi connectivity index (χ2n) is 10.3. The number of carbonyl (C=O) groups excluding carboxylic acids is 1. The van der Waals surface area contributed by atoms with Crippen molar-refractivity contribution in [1.29, 1.82) is 0 Å². The van der Waals surface area contributed by atoms with E-state index in [1.54, 1.807) is 0 Å². The fraction of sp³-hybridized carbons (Fsp3) is 0.955. The maximum atomic E-state index is 13.5. The summed E-state index contributed by atoms with van der Waals surface area (Å²) in [4.78, 5) is 14.9. The molecule has 2 aliphatic rings. The molecule has 1 saturated heterocycles. The van der Waals surface area contributed by atoms with Gasteiger partial charge in [0, 0.05) is 24.2 Å². The number of unbranched alkanes of at least 4 members (excludes halogenated alkanes) is 1. The topological polar surface area (TPSA) is 70.4 Å². The zero-order valence-electron chi connectivity index (χ0n) is 19.1. The highest BCUT2D eigenvalue weighted by Gasteiger charge is 2.48. The molecule has 3 unspecified atom stereocenters. The van der Waals surface area contributed by atoms with Crippen LogP contribution in [0.15, 0.2) is 0 Å². The lowest BCUT2D eigenvalue weighted by atomic mass is 9.67. The van der Waals surface area contributed by atoms with Crippen LogP contribution in [0.3, 0.4) is 0 Å². The number of alkyl halides is 3. The lowest BCUT2D eigenvalue weighted by Gasteiger charge is -2.52. The number of carbonyl (C=O) groups is 1. The summed E-state index contributed by atoms with van der Waals surface area (Å²) in [5, 5.41) is 5.69. The number of rotatable bonds is 8. The maximum absolute atomic E-state index is 13.5. The highest BCUT2D eigenvalue weighted by Crippen LogP contribution is 2.40. The molecule has 4 atom stereocenters. The molecule has 1 heterocycles. The van der Waals surface area contributed by atoms with Gasteiger partial charge < -0.3 is 16.4 Å². The summed E-state index contributed by atoms with van der Waals surface area (Å²) in [5.41, 5.74) is 5.93. The molecule has 2 fully saturated rings. The quantitative estimate of drug-likeness (QED) is 0.511. The summed E-state index contributed by atoms with van der Waals surface area (Å²) in [7, 11) is 0. The lowest BCUT2D eigenvalue weighted by molar-refractivity contribution is -0.159. The molecule has 1 aliphatic heterocycles. The standard InChI is InChI=1S/C22H41F3N4O/c1-5-6-12-27-18(22(23,24)25)10-13-29-15-21(26)11-8-7-9-16(21)14-17(29)19(30)28-20(2,3)4/h16-18,27H,5-15,26H2,1-4H3,(H,28,30)/t16?,17-,18?,21?/m1/s1. The van der Waals surface area contributed by atoms with Gasteiger partial charge in [-0.1, -0.05) is 26.2 Å². The first-order valence-electron chi connectivity index (χ1n) is 11.5. The number of hydrogen-bond donors (Lipinski definition) is 3.